The summed E-state index contributed by atoms with van der Waals surface area (Å²) in [5.74, 6) is 2.36. The first-order valence-corrected chi connectivity index (χ1v) is 11.8. The van der Waals surface area contributed by atoms with Crippen molar-refractivity contribution < 1.29 is 14.3 Å². The Kier molecular flexibility index (Phi) is 5.60. The number of carbonyl (C=O) groups excluding carboxylic acids is 1. The molecule has 2 aliphatic rings. The smallest absolute Gasteiger partial charge is 0.253 e. The lowest BCUT2D eigenvalue weighted by Gasteiger charge is -2.44. The Hall–Kier alpha value is -3.28. The monoisotopic (exact) mass is 445 g/mol. The van der Waals surface area contributed by atoms with Crippen molar-refractivity contribution in [2.24, 2.45) is 13.0 Å². The van der Waals surface area contributed by atoms with Crippen LogP contribution in [0.2, 0.25) is 0 Å². The zero-order chi connectivity index (χ0) is 23.0. The van der Waals surface area contributed by atoms with Crippen LogP contribution < -0.4 is 9.47 Å². The molecule has 33 heavy (non-hydrogen) atoms. The van der Waals surface area contributed by atoms with Gasteiger partial charge in [0.15, 0.2) is 0 Å². The molecule has 2 aliphatic heterocycles. The van der Waals surface area contributed by atoms with Crippen LogP contribution in [-0.2, 0) is 12.6 Å². The second-order valence-electron chi connectivity index (χ2n) is 9.47. The van der Waals surface area contributed by atoms with E-state index >= 15 is 0 Å². The van der Waals surface area contributed by atoms with Gasteiger partial charge in [-0.25, -0.2) is 0 Å². The molecule has 0 bridgehead atoms. The number of fused-ring (bicyclic) bond motifs is 4. The SMILES string of the molecule is CC(C)CCOc1ccc(C(=O)N2CCC3(CC2)Oc2ccccc2-c2c3cnn2C)cc1. The number of amides is 1. The summed E-state index contributed by atoms with van der Waals surface area (Å²) in [6, 6.07) is 15.6. The lowest BCUT2D eigenvalue weighted by Crippen LogP contribution is -2.49. The Labute approximate surface area is 195 Å². The number of rotatable bonds is 5. The summed E-state index contributed by atoms with van der Waals surface area (Å²) >= 11 is 0. The third-order valence-corrected chi connectivity index (χ3v) is 6.80. The molecule has 0 aliphatic carbocycles. The molecule has 6 nitrogen and oxygen atoms in total. The largest absolute Gasteiger partial charge is 0.494 e. The van der Waals surface area contributed by atoms with Crippen LogP contribution >= 0.6 is 0 Å². The number of aryl methyl sites for hydroxylation is 1. The van der Waals surface area contributed by atoms with E-state index in [1.54, 1.807) is 0 Å². The topological polar surface area (TPSA) is 56.6 Å². The van der Waals surface area contributed by atoms with E-state index in [-0.39, 0.29) is 5.91 Å². The van der Waals surface area contributed by atoms with Crippen molar-refractivity contribution in [1.82, 2.24) is 14.7 Å². The minimum Gasteiger partial charge on any atom is -0.494 e. The van der Waals surface area contributed by atoms with Crippen LogP contribution in [0.3, 0.4) is 0 Å². The molecule has 0 unspecified atom stereocenters. The van der Waals surface area contributed by atoms with E-state index < -0.39 is 5.60 Å². The molecular formula is C27H31N3O3. The van der Waals surface area contributed by atoms with E-state index in [4.69, 9.17) is 9.47 Å². The highest BCUT2D eigenvalue weighted by atomic mass is 16.5. The first-order chi connectivity index (χ1) is 16.0. The van der Waals surface area contributed by atoms with Crippen molar-refractivity contribution in [3.05, 3.63) is 65.9 Å². The van der Waals surface area contributed by atoms with Crippen LogP contribution in [0.25, 0.3) is 11.3 Å². The third-order valence-electron chi connectivity index (χ3n) is 6.80. The van der Waals surface area contributed by atoms with E-state index in [0.717, 1.165) is 47.6 Å². The van der Waals surface area contributed by atoms with Crippen molar-refractivity contribution in [2.75, 3.05) is 19.7 Å². The Morgan fingerprint density at radius 2 is 1.85 bits per heavy atom. The van der Waals surface area contributed by atoms with Gasteiger partial charge in [0.2, 0.25) is 0 Å². The predicted octanol–water partition coefficient (Wildman–Crippen LogP) is 5.04. The minimum atomic E-state index is -0.442. The quantitative estimate of drug-likeness (QED) is 0.552. The second kappa shape index (κ2) is 8.58. The van der Waals surface area contributed by atoms with E-state index in [0.29, 0.717) is 31.2 Å². The Bertz CT molecular complexity index is 1140. The lowest BCUT2D eigenvalue weighted by atomic mass is 9.81. The van der Waals surface area contributed by atoms with Gasteiger partial charge in [-0.15, -0.1) is 0 Å². The number of carbonyl (C=O) groups is 1. The number of hydrogen-bond donors (Lipinski definition) is 0. The van der Waals surface area contributed by atoms with Gasteiger partial charge in [0, 0.05) is 49.7 Å². The maximum absolute atomic E-state index is 13.2. The summed E-state index contributed by atoms with van der Waals surface area (Å²) < 4.78 is 14.3. The summed E-state index contributed by atoms with van der Waals surface area (Å²) in [5.41, 5.74) is 3.57. The highest BCUT2D eigenvalue weighted by molar-refractivity contribution is 5.94. The average molecular weight is 446 g/mol. The van der Waals surface area contributed by atoms with Gasteiger partial charge in [0.05, 0.1) is 18.5 Å². The molecule has 0 N–H and O–H groups in total. The third kappa shape index (κ3) is 3.99. The predicted molar refractivity (Wildman–Crippen MR) is 127 cm³/mol. The van der Waals surface area contributed by atoms with Gasteiger partial charge in [-0.2, -0.15) is 5.10 Å². The zero-order valence-electron chi connectivity index (χ0n) is 19.6. The van der Waals surface area contributed by atoms with Crippen molar-refractivity contribution >= 4 is 5.91 Å². The molecule has 0 radical (unpaired) electrons. The summed E-state index contributed by atoms with van der Waals surface area (Å²) in [5, 5.41) is 4.53. The molecule has 1 aromatic heterocycles. The number of aromatic nitrogens is 2. The van der Waals surface area contributed by atoms with Gasteiger partial charge < -0.3 is 14.4 Å². The minimum absolute atomic E-state index is 0.0567. The summed E-state index contributed by atoms with van der Waals surface area (Å²) in [7, 11) is 1.98. The van der Waals surface area contributed by atoms with Gasteiger partial charge in [-0.3, -0.25) is 9.48 Å². The van der Waals surface area contributed by atoms with Gasteiger partial charge in [0.25, 0.3) is 5.91 Å². The fourth-order valence-electron chi connectivity index (χ4n) is 4.84. The highest BCUT2D eigenvalue weighted by Gasteiger charge is 2.45. The number of benzene rings is 2. The van der Waals surface area contributed by atoms with Crippen molar-refractivity contribution in [1.29, 1.82) is 0 Å². The van der Waals surface area contributed by atoms with Gasteiger partial charge in [-0.1, -0.05) is 26.0 Å². The fraction of sp³-hybridized carbons (Fsp3) is 0.407. The van der Waals surface area contributed by atoms with Gasteiger partial charge in [-0.05, 0) is 48.7 Å². The van der Waals surface area contributed by atoms with Crippen LogP contribution in [0.1, 0.15) is 49.0 Å². The molecule has 172 valence electrons. The van der Waals surface area contributed by atoms with E-state index in [1.807, 2.05) is 65.3 Å². The molecule has 0 saturated carbocycles. The van der Waals surface area contributed by atoms with Crippen LogP contribution in [0.4, 0.5) is 0 Å². The van der Waals surface area contributed by atoms with Crippen LogP contribution in [0.15, 0.2) is 54.7 Å². The molecule has 1 spiro atoms. The van der Waals surface area contributed by atoms with Crippen molar-refractivity contribution in [3.8, 4) is 22.8 Å². The second-order valence-corrected chi connectivity index (χ2v) is 9.47. The summed E-state index contributed by atoms with van der Waals surface area (Å²) in [6.45, 7) is 6.34. The van der Waals surface area contributed by atoms with Gasteiger partial charge in [0.1, 0.15) is 17.1 Å². The first-order valence-electron chi connectivity index (χ1n) is 11.8. The maximum Gasteiger partial charge on any atom is 0.253 e. The van der Waals surface area contributed by atoms with Crippen molar-refractivity contribution in [3.63, 3.8) is 0 Å². The van der Waals surface area contributed by atoms with Crippen LogP contribution in [0.5, 0.6) is 11.5 Å². The Morgan fingerprint density at radius 3 is 2.58 bits per heavy atom. The average Bonchev–Trinajstić information content (AvgIpc) is 3.22. The molecule has 3 heterocycles. The number of likely N-dealkylation sites (tertiary alicyclic amines) is 1. The van der Waals surface area contributed by atoms with E-state index in [2.05, 4.69) is 25.0 Å². The van der Waals surface area contributed by atoms with Gasteiger partial charge >= 0.3 is 0 Å². The van der Waals surface area contributed by atoms with E-state index in [1.165, 1.54) is 0 Å². The molecule has 6 heteroatoms. The molecule has 3 aromatic rings. The standard InChI is InChI=1S/C27H31N3O3/c1-19(2)12-17-32-21-10-8-20(9-11-21)26(31)30-15-13-27(14-16-30)23-18-28-29(3)25(23)22-6-4-5-7-24(22)33-27/h4-11,18-19H,12-17H2,1-3H3. The molecule has 1 saturated heterocycles. The van der Waals surface area contributed by atoms with Crippen LogP contribution in [-0.4, -0.2) is 40.3 Å². The highest BCUT2D eigenvalue weighted by Crippen LogP contribution is 2.49. The number of nitrogens with zero attached hydrogens (tertiary/aromatic N) is 3. The Balaban J connectivity index is 1.28. The fourth-order valence-corrected chi connectivity index (χ4v) is 4.84. The number of ether oxygens (including phenoxy) is 2. The van der Waals surface area contributed by atoms with E-state index in [9.17, 15) is 4.79 Å². The molecular weight excluding hydrogens is 414 g/mol. The number of piperidine rings is 1. The molecule has 0 atom stereocenters. The number of hydrogen-bond acceptors (Lipinski definition) is 4. The summed E-state index contributed by atoms with van der Waals surface area (Å²) in [6.07, 6.45) is 4.42. The molecule has 2 aromatic carbocycles. The number of para-hydroxylation sites is 1. The lowest BCUT2D eigenvalue weighted by molar-refractivity contribution is -0.00172. The Morgan fingerprint density at radius 1 is 1.12 bits per heavy atom. The normalized spacial score (nSPS) is 16.3. The molecule has 1 amide bonds. The van der Waals surface area contributed by atoms with Crippen molar-refractivity contribution in [2.45, 2.75) is 38.7 Å². The molecule has 5 rings (SSSR count). The maximum atomic E-state index is 13.2. The first kappa shape index (κ1) is 21.6. The summed E-state index contributed by atoms with van der Waals surface area (Å²) in [4.78, 5) is 15.1. The van der Waals surface area contributed by atoms with Crippen LogP contribution in [0, 0.1) is 5.92 Å². The molecule has 1 fully saturated rings. The zero-order valence-corrected chi connectivity index (χ0v) is 19.6.